The van der Waals surface area contributed by atoms with E-state index in [2.05, 4.69) is 5.10 Å². The van der Waals surface area contributed by atoms with Crippen molar-refractivity contribution in [3.63, 3.8) is 0 Å². The molecule has 134 valence electrons. The van der Waals surface area contributed by atoms with E-state index in [-0.39, 0.29) is 18.1 Å². The van der Waals surface area contributed by atoms with Crippen molar-refractivity contribution < 1.29 is 13.9 Å². The van der Waals surface area contributed by atoms with Crippen molar-refractivity contribution >= 4 is 46.7 Å². The standard InChI is InChI=1S/C18H13Cl3N2O3/c1-23-9-15(21)17(22-23)16(24)8-7-11-5-6-12(26-11)10-25-18-13(19)3-2-4-14(18)20/h2-9H,10H2,1H3/b8-7+. The second kappa shape index (κ2) is 7.99. The Bertz CT molecular complexity index is 956. The lowest BCUT2D eigenvalue weighted by Gasteiger charge is -2.07. The van der Waals surface area contributed by atoms with Crippen LogP contribution in [0.3, 0.4) is 0 Å². The molecule has 0 aliphatic rings. The molecule has 2 aromatic heterocycles. The minimum atomic E-state index is -0.312. The van der Waals surface area contributed by atoms with Crippen LogP contribution >= 0.6 is 34.8 Å². The maximum Gasteiger partial charge on any atom is 0.207 e. The van der Waals surface area contributed by atoms with E-state index in [4.69, 9.17) is 44.0 Å². The number of allylic oxidation sites excluding steroid dienone is 1. The molecule has 8 heteroatoms. The predicted molar refractivity (Wildman–Crippen MR) is 101 cm³/mol. The highest BCUT2D eigenvalue weighted by Crippen LogP contribution is 2.33. The molecule has 0 fully saturated rings. The van der Waals surface area contributed by atoms with Crippen LogP contribution in [0.15, 0.2) is 47.0 Å². The molecule has 5 nitrogen and oxygen atoms in total. The van der Waals surface area contributed by atoms with Gasteiger partial charge in [-0.15, -0.1) is 0 Å². The quantitative estimate of drug-likeness (QED) is 0.400. The first-order valence-corrected chi connectivity index (χ1v) is 8.64. The average Bonchev–Trinajstić information content (AvgIpc) is 3.18. The Morgan fingerprint density at radius 3 is 2.58 bits per heavy atom. The van der Waals surface area contributed by atoms with Crippen LogP contribution in [0.25, 0.3) is 6.08 Å². The zero-order valence-corrected chi connectivity index (χ0v) is 15.8. The van der Waals surface area contributed by atoms with Gasteiger partial charge in [-0.25, -0.2) is 0 Å². The van der Waals surface area contributed by atoms with E-state index < -0.39 is 0 Å². The van der Waals surface area contributed by atoms with Crippen LogP contribution < -0.4 is 4.74 Å². The number of benzene rings is 1. The normalized spacial score (nSPS) is 11.2. The van der Waals surface area contributed by atoms with E-state index in [1.807, 2.05) is 0 Å². The smallest absolute Gasteiger partial charge is 0.207 e. The first-order chi connectivity index (χ1) is 12.4. The Balaban J connectivity index is 1.64. The molecule has 2 heterocycles. The van der Waals surface area contributed by atoms with E-state index in [9.17, 15) is 4.79 Å². The number of hydrogen-bond donors (Lipinski definition) is 0. The van der Waals surface area contributed by atoms with Crippen molar-refractivity contribution in [1.82, 2.24) is 9.78 Å². The zero-order valence-electron chi connectivity index (χ0n) is 13.6. The Morgan fingerprint density at radius 2 is 1.92 bits per heavy atom. The predicted octanol–water partition coefficient (Wildman–Crippen LogP) is 5.45. The third kappa shape index (κ3) is 4.30. The lowest BCUT2D eigenvalue weighted by molar-refractivity contribution is 0.104. The van der Waals surface area contributed by atoms with Crippen LogP contribution in [0.1, 0.15) is 22.0 Å². The van der Waals surface area contributed by atoms with Gasteiger partial charge < -0.3 is 9.15 Å². The number of aryl methyl sites for hydroxylation is 1. The van der Waals surface area contributed by atoms with Gasteiger partial charge in [-0.3, -0.25) is 9.48 Å². The van der Waals surface area contributed by atoms with Crippen molar-refractivity contribution in [3.8, 4) is 5.75 Å². The van der Waals surface area contributed by atoms with Crippen LogP contribution in [0.5, 0.6) is 5.75 Å². The summed E-state index contributed by atoms with van der Waals surface area (Å²) in [5.41, 5.74) is 0.189. The van der Waals surface area contributed by atoms with Crippen molar-refractivity contribution in [2.24, 2.45) is 7.05 Å². The summed E-state index contributed by atoms with van der Waals surface area (Å²) in [6.07, 6.45) is 4.45. The lowest BCUT2D eigenvalue weighted by Crippen LogP contribution is -1.98. The van der Waals surface area contributed by atoms with E-state index in [1.165, 1.54) is 10.8 Å². The van der Waals surface area contributed by atoms with Gasteiger partial charge in [-0.05, 0) is 36.4 Å². The number of ether oxygens (including phenoxy) is 1. The van der Waals surface area contributed by atoms with E-state index in [0.717, 1.165) is 0 Å². The molecule has 3 rings (SSSR count). The monoisotopic (exact) mass is 410 g/mol. The van der Waals surface area contributed by atoms with Gasteiger partial charge >= 0.3 is 0 Å². The Kier molecular flexibility index (Phi) is 5.71. The number of rotatable bonds is 6. The van der Waals surface area contributed by atoms with Crippen molar-refractivity contribution in [2.45, 2.75) is 6.61 Å². The van der Waals surface area contributed by atoms with Gasteiger partial charge in [0.25, 0.3) is 0 Å². The van der Waals surface area contributed by atoms with Gasteiger partial charge in [0.05, 0.1) is 15.1 Å². The Morgan fingerprint density at radius 1 is 1.19 bits per heavy atom. The van der Waals surface area contributed by atoms with Gasteiger partial charge in [0.2, 0.25) is 5.78 Å². The average molecular weight is 412 g/mol. The van der Waals surface area contributed by atoms with Gasteiger partial charge in [0, 0.05) is 13.2 Å². The van der Waals surface area contributed by atoms with Gasteiger partial charge in [0.15, 0.2) is 11.4 Å². The molecule has 0 N–H and O–H groups in total. The zero-order chi connectivity index (χ0) is 18.7. The Hall–Kier alpha value is -2.21. The molecule has 0 saturated heterocycles. The molecule has 0 radical (unpaired) electrons. The highest BCUT2D eigenvalue weighted by atomic mass is 35.5. The van der Waals surface area contributed by atoms with Crippen molar-refractivity contribution in [2.75, 3.05) is 0 Å². The molecule has 0 unspecified atom stereocenters. The molecule has 3 aromatic rings. The summed E-state index contributed by atoms with van der Waals surface area (Å²) < 4.78 is 12.7. The summed E-state index contributed by atoms with van der Waals surface area (Å²) in [7, 11) is 1.69. The molecular weight excluding hydrogens is 399 g/mol. The number of para-hydroxylation sites is 1. The van der Waals surface area contributed by atoms with Crippen LogP contribution in [0, 0.1) is 0 Å². The summed E-state index contributed by atoms with van der Waals surface area (Å²) in [5, 5.41) is 5.15. The number of halogens is 3. The molecular formula is C18H13Cl3N2O3. The van der Waals surface area contributed by atoms with Gasteiger partial charge in [0.1, 0.15) is 18.1 Å². The minimum Gasteiger partial charge on any atom is -0.483 e. The van der Waals surface area contributed by atoms with Crippen LogP contribution in [-0.4, -0.2) is 15.6 Å². The number of carbonyl (C=O) groups excluding carboxylic acids is 1. The number of ketones is 1. The summed E-state index contributed by atoms with van der Waals surface area (Å²) in [4.78, 5) is 12.1. The summed E-state index contributed by atoms with van der Waals surface area (Å²) in [6.45, 7) is 0.150. The van der Waals surface area contributed by atoms with E-state index >= 15 is 0 Å². The van der Waals surface area contributed by atoms with Gasteiger partial charge in [-0.2, -0.15) is 5.10 Å². The van der Waals surface area contributed by atoms with Crippen LogP contribution in [0.4, 0.5) is 0 Å². The van der Waals surface area contributed by atoms with Crippen molar-refractivity contribution in [1.29, 1.82) is 0 Å². The third-order valence-electron chi connectivity index (χ3n) is 3.38. The van der Waals surface area contributed by atoms with E-state index in [1.54, 1.807) is 49.7 Å². The highest BCUT2D eigenvalue weighted by molar-refractivity contribution is 6.37. The lowest BCUT2D eigenvalue weighted by atomic mass is 10.2. The fraction of sp³-hybridized carbons (Fsp3) is 0.111. The number of nitrogens with zero attached hydrogens (tertiary/aromatic N) is 2. The molecule has 0 spiro atoms. The van der Waals surface area contributed by atoms with Crippen LogP contribution in [0.2, 0.25) is 15.1 Å². The fourth-order valence-electron chi connectivity index (χ4n) is 2.19. The first-order valence-electron chi connectivity index (χ1n) is 7.51. The molecule has 0 aliphatic heterocycles. The molecule has 1 aromatic carbocycles. The second-order valence-electron chi connectivity index (χ2n) is 5.34. The number of furan rings is 1. The fourth-order valence-corrected chi connectivity index (χ4v) is 2.97. The highest BCUT2D eigenvalue weighted by Gasteiger charge is 2.12. The molecule has 0 amide bonds. The second-order valence-corrected chi connectivity index (χ2v) is 6.56. The summed E-state index contributed by atoms with van der Waals surface area (Å²) in [5.74, 6) is 1.13. The Labute approximate surface area is 164 Å². The number of hydrogen-bond acceptors (Lipinski definition) is 4. The molecule has 0 atom stereocenters. The molecule has 0 bridgehead atoms. The molecule has 0 saturated carbocycles. The largest absolute Gasteiger partial charge is 0.483 e. The SMILES string of the molecule is Cn1cc(Cl)c(C(=O)/C=C/c2ccc(COc3c(Cl)cccc3Cl)o2)n1. The maximum absolute atomic E-state index is 12.1. The van der Waals surface area contributed by atoms with E-state index in [0.29, 0.717) is 32.3 Å². The number of carbonyl (C=O) groups is 1. The topological polar surface area (TPSA) is 57.3 Å². The summed E-state index contributed by atoms with van der Waals surface area (Å²) in [6, 6.07) is 8.57. The minimum absolute atomic E-state index is 0.150. The maximum atomic E-state index is 12.1. The molecule has 26 heavy (non-hydrogen) atoms. The van der Waals surface area contributed by atoms with Gasteiger partial charge in [-0.1, -0.05) is 40.9 Å². The number of aromatic nitrogens is 2. The van der Waals surface area contributed by atoms with Crippen LogP contribution in [-0.2, 0) is 13.7 Å². The van der Waals surface area contributed by atoms with Crippen molar-refractivity contribution in [3.05, 3.63) is 74.9 Å². The first kappa shape index (κ1) is 18.6. The summed E-state index contributed by atoms with van der Waals surface area (Å²) >= 11 is 18.1. The third-order valence-corrected chi connectivity index (χ3v) is 4.25. The molecule has 0 aliphatic carbocycles.